The summed E-state index contributed by atoms with van der Waals surface area (Å²) < 4.78 is 2.14. The quantitative estimate of drug-likeness (QED) is 0.701. The highest BCUT2D eigenvalue weighted by atomic mass is 15.1. The van der Waals surface area contributed by atoms with E-state index in [0.29, 0.717) is 11.6 Å². The van der Waals surface area contributed by atoms with Crippen molar-refractivity contribution in [3.8, 4) is 0 Å². The van der Waals surface area contributed by atoms with Gasteiger partial charge in [-0.2, -0.15) is 0 Å². The normalized spacial score (nSPS) is 11.7. The van der Waals surface area contributed by atoms with Crippen molar-refractivity contribution in [2.45, 2.75) is 20.4 Å². The van der Waals surface area contributed by atoms with Crippen molar-refractivity contribution in [2.75, 3.05) is 5.73 Å². The standard InChI is InChI=1S/C14H16N4/c1-9(2)7-18-8-17-13-11(15)6-10-4-3-5-16-12(10)14(13)18/h3-6,8-9H,7,15H2,1-2H3. The number of fused-ring (bicyclic) bond motifs is 3. The molecule has 0 spiro atoms. The predicted octanol–water partition coefficient (Wildman–Crippen LogP) is 2.82. The first kappa shape index (κ1) is 11.0. The van der Waals surface area contributed by atoms with Crippen LogP contribution in [0.4, 0.5) is 5.69 Å². The summed E-state index contributed by atoms with van der Waals surface area (Å²) in [6.07, 6.45) is 3.67. The lowest BCUT2D eigenvalue weighted by Gasteiger charge is -2.09. The van der Waals surface area contributed by atoms with E-state index in [2.05, 4.69) is 28.4 Å². The fourth-order valence-electron chi connectivity index (χ4n) is 2.34. The zero-order valence-electron chi connectivity index (χ0n) is 10.6. The van der Waals surface area contributed by atoms with Gasteiger partial charge in [-0.05, 0) is 18.1 Å². The zero-order valence-corrected chi connectivity index (χ0v) is 10.6. The largest absolute Gasteiger partial charge is 0.397 e. The van der Waals surface area contributed by atoms with E-state index >= 15 is 0 Å². The molecular weight excluding hydrogens is 224 g/mol. The molecule has 0 unspecified atom stereocenters. The van der Waals surface area contributed by atoms with E-state index in [-0.39, 0.29) is 0 Å². The molecule has 0 saturated carbocycles. The highest BCUT2D eigenvalue weighted by molar-refractivity contribution is 6.07. The van der Waals surface area contributed by atoms with Crippen molar-refractivity contribution >= 4 is 27.6 Å². The van der Waals surface area contributed by atoms with Crippen molar-refractivity contribution in [3.05, 3.63) is 30.7 Å². The minimum atomic E-state index is 0.558. The summed E-state index contributed by atoms with van der Waals surface area (Å²) in [4.78, 5) is 8.89. The molecule has 1 aromatic carbocycles. The van der Waals surface area contributed by atoms with Crippen molar-refractivity contribution in [1.82, 2.24) is 14.5 Å². The number of nitrogens with zero attached hydrogens (tertiary/aromatic N) is 3. The Kier molecular flexibility index (Phi) is 2.44. The van der Waals surface area contributed by atoms with E-state index in [4.69, 9.17) is 5.73 Å². The lowest BCUT2D eigenvalue weighted by atomic mass is 10.1. The number of anilines is 1. The SMILES string of the molecule is CC(C)Cn1cnc2c(N)cc3cccnc3c21. The maximum atomic E-state index is 6.06. The van der Waals surface area contributed by atoms with Gasteiger partial charge in [-0.25, -0.2) is 4.98 Å². The Morgan fingerprint density at radius 3 is 2.89 bits per heavy atom. The molecule has 2 aromatic heterocycles. The molecule has 0 fully saturated rings. The number of hydrogen-bond acceptors (Lipinski definition) is 3. The summed E-state index contributed by atoms with van der Waals surface area (Å²) in [7, 11) is 0. The van der Waals surface area contributed by atoms with Crippen LogP contribution in [0.1, 0.15) is 13.8 Å². The van der Waals surface area contributed by atoms with Gasteiger partial charge in [0, 0.05) is 18.1 Å². The zero-order chi connectivity index (χ0) is 12.7. The lowest BCUT2D eigenvalue weighted by molar-refractivity contribution is 0.533. The van der Waals surface area contributed by atoms with Gasteiger partial charge in [-0.15, -0.1) is 0 Å². The molecule has 0 amide bonds. The van der Waals surface area contributed by atoms with Crippen LogP contribution in [0.25, 0.3) is 21.9 Å². The molecule has 0 aliphatic heterocycles. The molecule has 0 saturated heterocycles. The first-order valence-electron chi connectivity index (χ1n) is 6.15. The molecule has 0 atom stereocenters. The third-order valence-electron chi connectivity index (χ3n) is 3.05. The van der Waals surface area contributed by atoms with Crippen LogP contribution in [0.5, 0.6) is 0 Å². The second kappa shape index (κ2) is 3.98. The average molecular weight is 240 g/mol. The van der Waals surface area contributed by atoms with E-state index in [1.165, 1.54) is 0 Å². The van der Waals surface area contributed by atoms with Gasteiger partial charge < -0.3 is 10.3 Å². The number of imidazole rings is 1. The van der Waals surface area contributed by atoms with Gasteiger partial charge in [-0.1, -0.05) is 19.9 Å². The van der Waals surface area contributed by atoms with Crippen LogP contribution in [0.3, 0.4) is 0 Å². The molecule has 3 aromatic rings. The van der Waals surface area contributed by atoms with Crippen molar-refractivity contribution < 1.29 is 0 Å². The minimum Gasteiger partial charge on any atom is -0.397 e. The summed E-state index contributed by atoms with van der Waals surface area (Å²) in [5, 5.41) is 1.06. The Balaban J connectivity index is 2.40. The summed E-state index contributed by atoms with van der Waals surface area (Å²) >= 11 is 0. The van der Waals surface area contributed by atoms with Crippen molar-refractivity contribution in [2.24, 2.45) is 5.92 Å². The third-order valence-corrected chi connectivity index (χ3v) is 3.05. The Morgan fingerprint density at radius 1 is 1.28 bits per heavy atom. The van der Waals surface area contributed by atoms with Gasteiger partial charge in [0.1, 0.15) is 5.52 Å². The summed E-state index contributed by atoms with van der Waals surface area (Å²) in [6, 6.07) is 5.90. The molecule has 2 N–H and O–H groups in total. The second-order valence-electron chi connectivity index (χ2n) is 5.03. The maximum absolute atomic E-state index is 6.06. The summed E-state index contributed by atoms with van der Waals surface area (Å²) in [6.45, 7) is 5.30. The lowest BCUT2D eigenvalue weighted by Crippen LogP contribution is -2.03. The van der Waals surface area contributed by atoms with Crippen LogP contribution in [0, 0.1) is 5.92 Å². The van der Waals surface area contributed by atoms with Crippen LogP contribution in [0.15, 0.2) is 30.7 Å². The molecule has 2 heterocycles. The van der Waals surface area contributed by atoms with Gasteiger partial charge in [0.2, 0.25) is 0 Å². The van der Waals surface area contributed by atoms with Crippen LogP contribution < -0.4 is 5.73 Å². The molecule has 92 valence electrons. The van der Waals surface area contributed by atoms with Crippen LogP contribution in [-0.4, -0.2) is 14.5 Å². The molecule has 3 rings (SSSR count). The molecule has 4 heteroatoms. The Bertz CT molecular complexity index is 712. The number of aromatic nitrogens is 3. The van der Waals surface area contributed by atoms with Crippen LogP contribution >= 0.6 is 0 Å². The Morgan fingerprint density at radius 2 is 2.11 bits per heavy atom. The number of pyridine rings is 1. The highest BCUT2D eigenvalue weighted by Gasteiger charge is 2.12. The fourth-order valence-corrected chi connectivity index (χ4v) is 2.34. The molecule has 4 nitrogen and oxygen atoms in total. The van der Waals surface area contributed by atoms with E-state index in [0.717, 1.165) is 28.5 Å². The number of rotatable bonds is 2. The fraction of sp³-hybridized carbons (Fsp3) is 0.286. The van der Waals surface area contributed by atoms with Gasteiger partial charge in [0.05, 0.1) is 23.0 Å². The predicted molar refractivity (Wildman–Crippen MR) is 74.3 cm³/mol. The van der Waals surface area contributed by atoms with E-state index in [1.54, 1.807) is 0 Å². The van der Waals surface area contributed by atoms with Gasteiger partial charge >= 0.3 is 0 Å². The van der Waals surface area contributed by atoms with E-state index < -0.39 is 0 Å². The van der Waals surface area contributed by atoms with Gasteiger partial charge in [0.25, 0.3) is 0 Å². The van der Waals surface area contributed by atoms with E-state index in [9.17, 15) is 0 Å². The van der Waals surface area contributed by atoms with E-state index in [1.807, 2.05) is 30.7 Å². The molecule has 0 bridgehead atoms. The Hall–Kier alpha value is -2.10. The van der Waals surface area contributed by atoms with Crippen molar-refractivity contribution in [3.63, 3.8) is 0 Å². The maximum Gasteiger partial charge on any atom is 0.114 e. The number of nitrogen functional groups attached to an aromatic ring is 1. The van der Waals surface area contributed by atoms with Gasteiger partial charge in [-0.3, -0.25) is 4.98 Å². The first-order valence-corrected chi connectivity index (χ1v) is 6.15. The second-order valence-corrected chi connectivity index (χ2v) is 5.03. The topological polar surface area (TPSA) is 56.7 Å². The smallest absolute Gasteiger partial charge is 0.114 e. The van der Waals surface area contributed by atoms with Crippen LogP contribution in [0.2, 0.25) is 0 Å². The number of hydrogen-bond donors (Lipinski definition) is 1. The number of benzene rings is 1. The van der Waals surface area contributed by atoms with Crippen molar-refractivity contribution in [1.29, 1.82) is 0 Å². The first-order chi connectivity index (χ1) is 8.66. The molecule has 18 heavy (non-hydrogen) atoms. The monoisotopic (exact) mass is 240 g/mol. The van der Waals surface area contributed by atoms with Gasteiger partial charge in [0.15, 0.2) is 0 Å². The third kappa shape index (κ3) is 1.61. The molecular formula is C14H16N4. The molecule has 0 aliphatic rings. The minimum absolute atomic E-state index is 0.558. The Labute approximate surface area is 105 Å². The number of nitrogens with two attached hydrogens (primary N) is 1. The summed E-state index contributed by atoms with van der Waals surface area (Å²) in [5.74, 6) is 0.558. The molecule has 0 radical (unpaired) electrons. The average Bonchev–Trinajstić information content (AvgIpc) is 2.73. The highest BCUT2D eigenvalue weighted by Crippen LogP contribution is 2.28. The summed E-state index contributed by atoms with van der Waals surface area (Å²) in [5.41, 5.74) is 9.64. The van der Waals surface area contributed by atoms with Crippen LogP contribution in [-0.2, 0) is 6.54 Å². The molecule has 0 aliphatic carbocycles.